The van der Waals surface area contributed by atoms with Gasteiger partial charge in [0.2, 0.25) is 11.8 Å². The number of ether oxygens (including phenoxy) is 2. The van der Waals surface area contributed by atoms with Crippen LogP contribution >= 0.6 is 0 Å². The summed E-state index contributed by atoms with van der Waals surface area (Å²) in [4.78, 5) is 69.2. The summed E-state index contributed by atoms with van der Waals surface area (Å²) in [6.45, 7) is 5.79. The summed E-state index contributed by atoms with van der Waals surface area (Å²) in [6.07, 6.45) is 5.69. The summed E-state index contributed by atoms with van der Waals surface area (Å²) in [5.41, 5.74) is 6.47. The van der Waals surface area contributed by atoms with E-state index in [1.807, 2.05) is 30.4 Å². The molecule has 5 N–H and O–H groups in total. The minimum Gasteiger partial charge on any atom is -0.479 e. The number of amides is 4. The monoisotopic (exact) mass is 639 g/mol. The van der Waals surface area contributed by atoms with Gasteiger partial charge in [0.15, 0.2) is 0 Å². The van der Waals surface area contributed by atoms with Crippen LogP contribution in [-0.4, -0.2) is 87.3 Å². The number of nitrogens with zero attached hydrogens (tertiary/aromatic N) is 2. The van der Waals surface area contributed by atoms with Crippen molar-refractivity contribution in [3.8, 4) is 0 Å². The average molecular weight is 640 g/mol. The molecule has 1 aliphatic carbocycles. The Morgan fingerprint density at radius 3 is 2.67 bits per heavy atom. The molecule has 250 valence electrons. The standard InChI is InChI=1S/C33H45N5O8/c1-32(2,3)46-30(43)35-25-13-8-6-4-5-7-11-21-17-33(21,29(41)42)36-27(39)26-16-22(19-38(26)28(25)40)45-31(44)37-15-14-23-20(18-37)10-9-12-24(23)34/h7,9-12,21-22,25-26H,4-6,8,13-19,34H2,1-3H3,(H,35,43)(H,36,39)(H,41,42)/b11-7+/t21-,22-,25+,26+,33-/m1/s1. The lowest BCUT2D eigenvalue weighted by atomic mass is 9.98. The van der Waals surface area contributed by atoms with Crippen LogP contribution in [0.25, 0.3) is 0 Å². The Labute approximate surface area is 268 Å². The van der Waals surface area contributed by atoms with Gasteiger partial charge in [0.1, 0.15) is 29.3 Å². The molecule has 0 bridgehead atoms. The van der Waals surface area contributed by atoms with E-state index in [0.29, 0.717) is 38.0 Å². The molecule has 5 rings (SSSR count). The smallest absolute Gasteiger partial charge is 0.410 e. The maximum atomic E-state index is 14.1. The van der Waals surface area contributed by atoms with Crippen molar-refractivity contribution >= 4 is 35.7 Å². The number of hydrogen-bond donors (Lipinski definition) is 4. The number of carboxylic acid groups (broad SMARTS) is 1. The fourth-order valence-corrected chi connectivity index (χ4v) is 6.61. The van der Waals surface area contributed by atoms with Gasteiger partial charge in [0, 0.05) is 31.1 Å². The molecular formula is C33H45N5O8. The van der Waals surface area contributed by atoms with Gasteiger partial charge < -0.3 is 40.7 Å². The van der Waals surface area contributed by atoms with Crippen LogP contribution in [0.15, 0.2) is 30.4 Å². The zero-order valence-corrected chi connectivity index (χ0v) is 26.8. The van der Waals surface area contributed by atoms with E-state index in [1.165, 1.54) is 4.90 Å². The number of carboxylic acids is 1. The van der Waals surface area contributed by atoms with Crippen molar-refractivity contribution in [2.24, 2.45) is 5.92 Å². The molecule has 4 amide bonds. The van der Waals surface area contributed by atoms with E-state index in [9.17, 15) is 29.1 Å². The number of alkyl carbamates (subject to hydrolysis) is 1. The van der Waals surface area contributed by atoms with Gasteiger partial charge in [-0.25, -0.2) is 14.4 Å². The number of nitrogens with one attached hydrogen (secondary N) is 2. The third-order valence-corrected chi connectivity index (χ3v) is 9.14. The number of fused-ring (bicyclic) bond motifs is 3. The van der Waals surface area contributed by atoms with Gasteiger partial charge in [-0.1, -0.05) is 37.1 Å². The molecule has 0 radical (unpaired) electrons. The number of carbonyl (C=O) groups excluding carboxylic acids is 4. The molecule has 0 aromatic heterocycles. The largest absolute Gasteiger partial charge is 0.479 e. The Balaban J connectivity index is 1.37. The van der Waals surface area contributed by atoms with Gasteiger partial charge in [0.25, 0.3) is 0 Å². The number of nitrogens with two attached hydrogens (primary N) is 1. The molecular weight excluding hydrogens is 594 g/mol. The summed E-state index contributed by atoms with van der Waals surface area (Å²) in [6, 6.07) is 3.47. The van der Waals surface area contributed by atoms with E-state index in [2.05, 4.69) is 10.6 Å². The Morgan fingerprint density at radius 2 is 1.93 bits per heavy atom. The average Bonchev–Trinajstić information content (AvgIpc) is 3.52. The number of anilines is 1. The van der Waals surface area contributed by atoms with Crippen LogP contribution in [0, 0.1) is 5.92 Å². The minimum atomic E-state index is -1.46. The van der Waals surface area contributed by atoms with E-state index in [4.69, 9.17) is 15.2 Å². The highest BCUT2D eigenvalue weighted by Crippen LogP contribution is 2.45. The number of aliphatic carboxylic acids is 1. The van der Waals surface area contributed by atoms with Crippen LogP contribution in [0.1, 0.15) is 76.8 Å². The number of carbonyl (C=O) groups is 5. The highest BCUT2D eigenvalue weighted by molar-refractivity contribution is 5.96. The normalized spacial score (nSPS) is 29.1. The molecule has 0 spiro atoms. The van der Waals surface area contributed by atoms with Gasteiger partial charge >= 0.3 is 18.2 Å². The van der Waals surface area contributed by atoms with Crippen molar-refractivity contribution in [1.29, 1.82) is 0 Å². The number of benzene rings is 1. The van der Waals surface area contributed by atoms with Crippen molar-refractivity contribution in [1.82, 2.24) is 20.4 Å². The molecule has 13 nitrogen and oxygen atoms in total. The third kappa shape index (κ3) is 7.39. The van der Waals surface area contributed by atoms with Crippen LogP contribution in [0.3, 0.4) is 0 Å². The first-order chi connectivity index (χ1) is 21.8. The van der Waals surface area contributed by atoms with Crippen molar-refractivity contribution in [3.05, 3.63) is 41.5 Å². The summed E-state index contributed by atoms with van der Waals surface area (Å²) in [7, 11) is 0. The molecule has 1 saturated heterocycles. The molecule has 4 aliphatic rings. The molecule has 13 heteroatoms. The molecule has 1 aromatic rings. The fraction of sp³-hybridized carbons (Fsp3) is 0.606. The predicted octanol–water partition coefficient (Wildman–Crippen LogP) is 3.11. The topological polar surface area (TPSA) is 181 Å². The number of nitrogen functional groups attached to an aromatic ring is 1. The molecule has 3 aliphatic heterocycles. The lowest BCUT2D eigenvalue weighted by Crippen LogP contribution is -2.56. The van der Waals surface area contributed by atoms with E-state index in [0.717, 1.165) is 30.4 Å². The van der Waals surface area contributed by atoms with Crippen LogP contribution in [0.2, 0.25) is 0 Å². The van der Waals surface area contributed by atoms with Gasteiger partial charge in [-0.05, 0) is 70.1 Å². The maximum Gasteiger partial charge on any atom is 0.410 e. The SMILES string of the molecule is CC(C)(C)OC(=O)N[C@H]1CCCCC/C=C/[C@@H]2C[C@@]2(C(=O)O)NC(=O)[C@@H]2C[C@@H](OC(=O)N3CCc4c(N)cccc4C3)CN2C1=O. The molecule has 46 heavy (non-hydrogen) atoms. The second kappa shape index (κ2) is 13.2. The lowest BCUT2D eigenvalue weighted by molar-refractivity contribution is -0.145. The van der Waals surface area contributed by atoms with Gasteiger partial charge in [-0.15, -0.1) is 0 Å². The molecule has 2 fully saturated rings. The Kier molecular flexibility index (Phi) is 9.50. The number of allylic oxidation sites excluding steroid dienone is 1. The second-order valence-corrected chi connectivity index (χ2v) is 13.7. The zero-order valence-electron chi connectivity index (χ0n) is 26.8. The first kappa shape index (κ1) is 33.1. The zero-order chi connectivity index (χ0) is 33.2. The number of hydrogen-bond acceptors (Lipinski definition) is 8. The van der Waals surface area contributed by atoms with E-state index >= 15 is 0 Å². The first-order valence-electron chi connectivity index (χ1n) is 16.1. The predicted molar refractivity (Wildman–Crippen MR) is 167 cm³/mol. The Morgan fingerprint density at radius 1 is 1.15 bits per heavy atom. The summed E-state index contributed by atoms with van der Waals surface area (Å²) in [5, 5.41) is 15.5. The van der Waals surface area contributed by atoms with Crippen molar-refractivity contribution in [2.45, 2.75) is 108 Å². The fourth-order valence-electron chi connectivity index (χ4n) is 6.61. The molecule has 3 heterocycles. The van der Waals surface area contributed by atoms with Crippen LogP contribution in [0.5, 0.6) is 0 Å². The van der Waals surface area contributed by atoms with Gasteiger partial charge in [0.05, 0.1) is 6.54 Å². The third-order valence-electron chi connectivity index (χ3n) is 9.14. The van der Waals surface area contributed by atoms with E-state index < -0.39 is 59.3 Å². The van der Waals surface area contributed by atoms with Crippen LogP contribution in [0.4, 0.5) is 15.3 Å². The first-order valence-corrected chi connectivity index (χ1v) is 16.1. The molecule has 5 atom stereocenters. The van der Waals surface area contributed by atoms with E-state index in [-0.39, 0.29) is 25.3 Å². The quantitative estimate of drug-likeness (QED) is 0.285. The molecule has 1 aromatic carbocycles. The van der Waals surface area contributed by atoms with Crippen LogP contribution < -0.4 is 16.4 Å². The highest BCUT2D eigenvalue weighted by Gasteiger charge is 2.61. The van der Waals surface area contributed by atoms with Crippen molar-refractivity contribution in [2.75, 3.05) is 18.8 Å². The summed E-state index contributed by atoms with van der Waals surface area (Å²) >= 11 is 0. The second-order valence-electron chi connectivity index (χ2n) is 13.7. The number of rotatable bonds is 3. The highest BCUT2D eigenvalue weighted by atomic mass is 16.6. The van der Waals surface area contributed by atoms with Gasteiger partial charge in [-0.2, -0.15) is 0 Å². The lowest BCUT2D eigenvalue weighted by Gasteiger charge is -2.30. The van der Waals surface area contributed by atoms with Crippen LogP contribution in [-0.2, 0) is 36.8 Å². The van der Waals surface area contributed by atoms with Crippen molar-refractivity contribution in [3.63, 3.8) is 0 Å². The summed E-state index contributed by atoms with van der Waals surface area (Å²) in [5.74, 6) is -2.67. The molecule has 1 saturated carbocycles. The van der Waals surface area contributed by atoms with Crippen molar-refractivity contribution < 1.29 is 38.6 Å². The van der Waals surface area contributed by atoms with E-state index in [1.54, 1.807) is 25.7 Å². The Bertz CT molecular complexity index is 1410. The molecule has 0 unspecified atom stereocenters. The summed E-state index contributed by atoms with van der Waals surface area (Å²) < 4.78 is 11.3. The maximum absolute atomic E-state index is 14.1. The Hall–Kier alpha value is -4.29. The van der Waals surface area contributed by atoms with Gasteiger partial charge in [-0.3, -0.25) is 9.59 Å². The minimum absolute atomic E-state index is 0.0178.